The molecule has 68 heavy (non-hydrogen) atoms. The minimum Gasteiger partial charge on any atom is -0.439 e. The molecule has 6 atom stereocenters. The summed E-state index contributed by atoms with van der Waals surface area (Å²) in [5.41, 5.74) is 14.6. The van der Waals surface area contributed by atoms with Gasteiger partial charge in [0, 0.05) is 88.4 Å². The predicted molar refractivity (Wildman–Crippen MR) is 255 cm³/mol. The minimum absolute atomic E-state index is 0.0517. The first-order valence-corrected chi connectivity index (χ1v) is 22.8. The molecule has 19 nitrogen and oxygen atoms in total. The normalized spacial score (nSPS) is 25.8. The number of carbonyl (C=O) groups excluding carboxylic acids is 5. The van der Waals surface area contributed by atoms with E-state index in [1.165, 1.54) is 20.3 Å². The molecule has 3 amide bonds. The third kappa shape index (κ3) is 12.5. The Balaban J connectivity index is 1.09. The van der Waals surface area contributed by atoms with Gasteiger partial charge in [-0.25, -0.2) is 4.79 Å². The van der Waals surface area contributed by atoms with Crippen LogP contribution in [0.4, 0.5) is 10.7 Å². The molecule has 0 saturated carbocycles. The van der Waals surface area contributed by atoms with E-state index in [-0.39, 0.29) is 52.3 Å². The van der Waals surface area contributed by atoms with Gasteiger partial charge in [0.05, 0.1) is 29.0 Å². The molecule has 1 aliphatic carbocycles. The van der Waals surface area contributed by atoms with Crippen LogP contribution in [0, 0.1) is 11.8 Å². The van der Waals surface area contributed by atoms with E-state index in [1.54, 1.807) is 45.2 Å². The Kier molecular flexibility index (Phi) is 17.1. The number of amides is 3. The second kappa shape index (κ2) is 22.9. The number of aromatic nitrogens is 3. The summed E-state index contributed by atoms with van der Waals surface area (Å²) < 4.78 is 16.8. The molecule has 3 aromatic rings. The summed E-state index contributed by atoms with van der Waals surface area (Å²) in [5, 5.41) is 17.9. The van der Waals surface area contributed by atoms with Crippen molar-refractivity contribution in [1.29, 1.82) is 0 Å². The molecule has 0 unspecified atom stereocenters. The highest BCUT2D eigenvalue weighted by atomic mass is 16.6. The van der Waals surface area contributed by atoms with Crippen molar-refractivity contribution < 1.29 is 43.3 Å². The number of aliphatic hydroxyl groups excluding tert-OH is 1. The SMILES string of the molecule is CO[C@H]1/C=C\C=C(\C)C(=O)NC2=CC(=O)C(NCCN3CCN(C(=O)c4ccc(CCc5c[nH]c6nc(N)[nH]c(=O)c56)cc4)CC3)=C(C[C@@H](C)C[C@H](OC)[C@@H](O)[C@@H](C)/C=C(/C)[C@@H]1OC(N)=O)C2=O. The van der Waals surface area contributed by atoms with Crippen molar-refractivity contribution in [2.24, 2.45) is 17.6 Å². The number of piperazine rings is 1. The third-order valence-electron chi connectivity index (χ3n) is 12.7. The lowest BCUT2D eigenvalue weighted by Gasteiger charge is -2.35. The lowest BCUT2D eigenvalue weighted by molar-refractivity contribution is -0.120. The minimum atomic E-state index is -1.02. The van der Waals surface area contributed by atoms with Crippen molar-refractivity contribution in [1.82, 2.24) is 35.4 Å². The first-order chi connectivity index (χ1) is 32.5. The van der Waals surface area contributed by atoms with Crippen LogP contribution in [0.2, 0.25) is 0 Å². The summed E-state index contributed by atoms with van der Waals surface area (Å²) in [7, 11) is 2.92. The molecule has 4 heterocycles. The molecule has 6 rings (SSSR count). The zero-order valence-electron chi connectivity index (χ0n) is 39.4. The summed E-state index contributed by atoms with van der Waals surface area (Å²) in [6.45, 7) is 10.0. The topological polar surface area (TPSA) is 277 Å². The van der Waals surface area contributed by atoms with E-state index >= 15 is 0 Å². The van der Waals surface area contributed by atoms with E-state index in [4.69, 9.17) is 25.7 Å². The van der Waals surface area contributed by atoms with Gasteiger partial charge < -0.3 is 51.3 Å². The fraction of sp³-hybridized carbons (Fsp3) is 0.449. The fourth-order valence-electron chi connectivity index (χ4n) is 8.89. The highest BCUT2D eigenvalue weighted by Gasteiger charge is 2.34. The maximum atomic E-state index is 14.2. The number of methoxy groups -OCH3 is 2. The average Bonchev–Trinajstić information content (AvgIpc) is 3.73. The molecule has 3 aliphatic rings. The van der Waals surface area contributed by atoms with E-state index in [0.717, 1.165) is 17.2 Å². The zero-order chi connectivity index (χ0) is 49.2. The summed E-state index contributed by atoms with van der Waals surface area (Å²) >= 11 is 0. The lowest BCUT2D eigenvalue weighted by Crippen LogP contribution is -2.50. The highest BCUT2D eigenvalue weighted by molar-refractivity contribution is 6.23. The van der Waals surface area contributed by atoms with Gasteiger partial charge >= 0.3 is 6.09 Å². The monoisotopic (exact) mass is 937 g/mol. The van der Waals surface area contributed by atoms with Crippen molar-refractivity contribution in [2.45, 2.75) is 77.8 Å². The molecule has 364 valence electrons. The number of aliphatic hydroxyl groups is 1. The van der Waals surface area contributed by atoms with Gasteiger partial charge in [-0.2, -0.15) is 4.98 Å². The molecular formula is C49H63N9O10. The Labute approximate surface area is 394 Å². The predicted octanol–water partition coefficient (Wildman–Crippen LogP) is 2.74. The quantitative estimate of drug-likeness (QED) is 0.108. The van der Waals surface area contributed by atoms with Gasteiger partial charge in [-0.15, -0.1) is 0 Å². The molecule has 2 bridgehead atoms. The number of nitrogens with zero attached hydrogens (tertiary/aromatic N) is 3. The van der Waals surface area contributed by atoms with Crippen LogP contribution in [0.5, 0.6) is 0 Å². The van der Waals surface area contributed by atoms with Crippen LogP contribution in [-0.4, -0.2) is 137 Å². The van der Waals surface area contributed by atoms with Gasteiger partial charge in [0.2, 0.25) is 17.5 Å². The van der Waals surface area contributed by atoms with E-state index in [1.807, 2.05) is 36.1 Å². The van der Waals surface area contributed by atoms with Gasteiger partial charge in [-0.1, -0.05) is 50.3 Å². The van der Waals surface area contributed by atoms with Crippen molar-refractivity contribution >= 4 is 46.5 Å². The number of carbonyl (C=O) groups is 5. The molecule has 2 aromatic heterocycles. The molecule has 1 aromatic carbocycles. The van der Waals surface area contributed by atoms with Gasteiger partial charge in [-0.05, 0) is 74.3 Å². The van der Waals surface area contributed by atoms with Crippen LogP contribution in [0.15, 0.2) is 93.8 Å². The number of aromatic amines is 2. The second-order valence-corrected chi connectivity index (χ2v) is 17.7. The number of allylic oxidation sites excluding steroid dienone is 4. The number of nitrogens with one attached hydrogen (secondary N) is 4. The Hall–Kier alpha value is -6.67. The van der Waals surface area contributed by atoms with Crippen molar-refractivity contribution in [3.8, 4) is 0 Å². The van der Waals surface area contributed by atoms with Crippen molar-refractivity contribution in [3.05, 3.63) is 116 Å². The van der Waals surface area contributed by atoms with Crippen LogP contribution < -0.4 is 27.7 Å². The molecule has 0 radical (unpaired) electrons. The number of fused-ring (bicyclic) bond motifs is 3. The fourth-order valence-corrected chi connectivity index (χ4v) is 8.89. The number of Topliss-reactive ketones (excluding diaryl/α,β-unsaturated/α-hetero) is 1. The van der Waals surface area contributed by atoms with Crippen LogP contribution >= 0.6 is 0 Å². The second-order valence-electron chi connectivity index (χ2n) is 17.7. The Morgan fingerprint density at radius 3 is 2.40 bits per heavy atom. The molecule has 19 heteroatoms. The molecule has 1 fully saturated rings. The molecular weight excluding hydrogens is 875 g/mol. The number of anilines is 1. The molecule has 9 N–H and O–H groups in total. The lowest BCUT2D eigenvalue weighted by atomic mass is 9.85. The number of rotatable bonds is 11. The first kappa shape index (κ1) is 50.7. The number of nitrogen functional groups attached to an aromatic ring is 1. The van der Waals surface area contributed by atoms with E-state index < -0.39 is 53.9 Å². The number of hydrogen-bond acceptors (Lipinski definition) is 14. The van der Waals surface area contributed by atoms with Crippen LogP contribution in [0.25, 0.3) is 11.0 Å². The van der Waals surface area contributed by atoms with Crippen molar-refractivity contribution in [2.75, 3.05) is 59.2 Å². The maximum Gasteiger partial charge on any atom is 0.405 e. The Bertz CT molecular complexity index is 2580. The van der Waals surface area contributed by atoms with Crippen LogP contribution in [0.1, 0.15) is 62.0 Å². The number of primary amides is 1. The third-order valence-corrected chi connectivity index (χ3v) is 12.7. The number of hydrogen-bond donors (Lipinski definition) is 7. The number of nitrogens with two attached hydrogens (primary N) is 2. The van der Waals surface area contributed by atoms with Crippen LogP contribution in [0.3, 0.4) is 0 Å². The Morgan fingerprint density at radius 2 is 1.72 bits per heavy atom. The summed E-state index contributed by atoms with van der Waals surface area (Å²) in [6, 6.07) is 7.49. The average molecular weight is 938 g/mol. The summed E-state index contributed by atoms with van der Waals surface area (Å²) in [4.78, 5) is 92.9. The van der Waals surface area contributed by atoms with E-state index in [9.17, 15) is 33.9 Å². The molecule has 0 spiro atoms. The number of ketones is 2. The van der Waals surface area contributed by atoms with Crippen molar-refractivity contribution in [3.63, 3.8) is 0 Å². The van der Waals surface area contributed by atoms with Crippen LogP contribution in [-0.2, 0) is 41.4 Å². The van der Waals surface area contributed by atoms with Gasteiger partial charge in [0.25, 0.3) is 17.4 Å². The largest absolute Gasteiger partial charge is 0.439 e. The van der Waals surface area contributed by atoms with E-state index in [0.29, 0.717) is 80.7 Å². The molecule has 1 saturated heterocycles. The van der Waals surface area contributed by atoms with Gasteiger partial charge in [0.1, 0.15) is 11.8 Å². The first-order valence-electron chi connectivity index (χ1n) is 22.8. The summed E-state index contributed by atoms with van der Waals surface area (Å²) in [6.07, 6.45) is 6.50. The molecule has 2 aliphatic heterocycles. The van der Waals surface area contributed by atoms with Gasteiger partial charge in [0.15, 0.2) is 6.10 Å². The zero-order valence-corrected chi connectivity index (χ0v) is 39.4. The number of aryl methyl sites for hydroxylation is 2. The number of benzene rings is 1. The Morgan fingerprint density at radius 1 is 1.00 bits per heavy atom. The van der Waals surface area contributed by atoms with E-state index in [2.05, 4.69) is 30.5 Å². The number of H-pyrrole nitrogens is 2. The summed E-state index contributed by atoms with van der Waals surface area (Å²) in [5.74, 6) is -2.36. The maximum absolute atomic E-state index is 14.2. The smallest absolute Gasteiger partial charge is 0.405 e. The number of ether oxygens (including phenoxy) is 3. The highest BCUT2D eigenvalue weighted by Crippen LogP contribution is 2.29. The van der Waals surface area contributed by atoms with Gasteiger partial charge in [-0.3, -0.25) is 33.9 Å². The standard InChI is InChI=1S/C49H63N9O10/c1-27-22-34-40(52-16-17-57-18-20-58(21-19-57)47(64)32-13-10-31(11-14-32)12-15-33-26-53-44-39(33)46(63)56-48(50)55-44)36(59)25-35(42(34)61)54-45(62)28(2)8-7-9-37(66-5)43(68-49(51)65)30(4)24-29(3)41(60)38(23-27)67-6/h7-11,13-14,24-27,29,37-38,41,43,52,60H,12,15-23H2,1-6H3,(H2,51,65)(H,54,62)(H4,50,53,55,56,63)/b9-7-,28-8-,30-24-/t27-,29+,37+,38+,41+,43+/m1/s1.